The standard InChI is InChI=1S/C25H18ClF3N2O3S/c1-35-19-12-2-14(3-13-19)21-20-22(34-31(21)18-10-6-16(26)7-11-18)24(33)30(23(20)32)17-8-4-15(5-9-17)25(27,28)29/h2-13,20-22H,1H3/t20-,21-,22-/m0/s1. The molecule has 0 saturated carbocycles. The van der Waals surface area contributed by atoms with Crippen LogP contribution in [0.15, 0.2) is 77.7 Å². The van der Waals surface area contributed by atoms with Gasteiger partial charge in [-0.05, 0) is 72.5 Å². The number of carbonyl (C=O) groups is 2. The van der Waals surface area contributed by atoms with Gasteiger partial charge in [-0.25, -0.2) is 9.96 Å². The highest BCUT2D eigenvalue weighted by Gasteiger charge is 2.60. The van der Waals surface area contributed by atoms with Crippen LogP contribution in [0.4, 0.5) is 24.5 Å². The summed E-state index contributed by atoms with van der Waals surface area (Å²) >= 11 is 7.60. The van der Waals surface area contributed by atoms with Crippen molar-refractivity contribution in [3.8, 4) is 0 Å². The predicted molar refractivity (Wildman–Crippen MR) is 127 cm³/mol. The number of hydroxylamine groups is 1. The zero-order chi connectivity index (χ0) is 24.9. The van der Waals surface area contributed by atoms with Gasteiger partial charge < -0.3 is 0 Å². The van der Waals surface area contributed by atoms with Crippen LogP contribution in [0.25, 0.3) is 0 Å². The number of carbonyl (C=O) groups excluding carboxylic acids is 2. The molecule has 0 bridgehead atoms. The average molecular weight is 519 g/mol. The number of amides is 2. The fraction of sp³-hybridized carbons (Fsp3) is 0.200. The summed E-state index contributed by atoms with van der Waals surface area (Å²) in [6.45, 7) is 0. The van der Waals surface area contributed by atoms with E-state index in [-0.39, 0.29) is 5.69 Å². The van der Waals surface area contributed by atoms with Crippen molar-refractivity contribution in [3.05, 3.63) is 88.9 Å². The number of hydrogen-bond acceptors (Lipinski definition) is 5. The summed E-state index contributed by atoms with van der Waals surface area (Å²) < 4.78 is 38.9. The van der Waals surface area contributed by atoms with E-state index >= 15 is 0 Å². The number of nitrogens with zero attached hydrogens (tertiary/aromatic N) is 2. The van der Waals surface area contributed by atoms with Crippen LogP contribution in [0.3, 0.4) is 0 Å². The molecule has 2 amide bonds. The van der Waals surface area contributed by atoms with E-state index in [0.717, 1.165) is 39.6 Å². The van der Waals surface area contributed by atoms with Gasteiger partial charge in [-0.1, -0.05) is 23.7 Å². The minimum absolute atomic E-state index is 0.0699. The number of benzene rings is 3. The molecule has 3 aromatic carbocycles. The van der Waals surface area contributed by atoms with Gasteiger partial charge >= 0.3 is 6.18 Å². The summed E-state index contributed by atoms with van der Waals surface area (Å²) in [6.07, 6.45) is -3.69. The summed E-state index contributed by atoms with van der Waals surface area (Å²) in [4.78, 5) is 34.8. The maximum atomic E-state index is 13.6. The van der Waals surface area contributed by atoms with E-state index in [1.807, 2.05) is 30.5 Å². The van der Waals surface area contributed by atoms with Crippen LogP contribution in [0, 0.1) is 5.92 Å². The zero-order valence-electron chi connectivity index (χ0n) is 18.2. The van der Waals surface area contributed by atoms with Gasteiger partial charge in [-0.3, -0.25) is 14.4 Å². The van der Waals surface area contributed by atoms with Crippen molar-refractivity contribution in [3.63, 3.8) is 0 Å². The smallest absolute Gasteiger partial charge is 0.273 e. The summed E-state index contributed by atoms with van der Waals surface area (Å²) in [6, 6.07) is 17.7. The Balaban J connectivity index is 1.53. The van der Waals surface area contributed by atoms with Crippen molar-refractivity contribution in [2.75, 3.05) is 16.2 Å². The zero-order valence-corrected chi connectivity index (χ0v) is 19.8. The Morgan fingerprint density at radius 1 is 0.857 bits per heavy atom. The molecule has 3 atom stereocenters. The molecule has 2 fully saturated rings. The first-order chi connectivity index (χ1) is 16.7. The quantitative estimate of drug-likeness (QED) is 0.307. The number of thioether (sulfide) groups is 1. The fourth-order valence-corrected chi connectivity index (χ4v) is 4.95. The molecule has 10 heteroatoms. The Labute approximate surface area is 208 Å². The lowest BCUT2D eigenvalue weighted by Gasteiger charge is -2.29. The van der Waals surface area contributed by atoms with Gasteiger partial charge in [0.1, 0.15) is 5.92 Å². The van der Waals surface area contributed by atoms with Crippen LogP contribution in [0.1, 0.15) is 17.2 Å². The van der Waals surface area contributed by atoms with E-state index < -0.39 is 41.6 Å². The maximum Gasteiger partial charge on any atom is 0.416 e. The van der Waals surface area contributed by atoms with Crippen LogP contribution >= 0.6 is 23.4 Å². The molecule has 2 aliphatic rings. The number of halogens is 4. The Morgan fingerprint density at radius 2 is 1.46 bits per heavy atom. The summed E-state index contributed by atoms with van der Waals surface area (Å²) in [5, 5.41) is 2.06. The topological polar surface area (TPSA) is 49.9 Å². The number of alkyl halides is 3. The SMILES string of the molecule is CSc1ccc([C@H]2[C@@H]3C(=O)N(c4ccc(C(F)(F)F)cc4)C(=O)[C@H]3ON2c2ccc(Cl)cc2)cc1. The Hall–Kier alpha value is -3.01. The Bertz CT molecular complexity index is 1270. The van der Waals surface area contributed by atoms with E-state index in [1.54, 1.807) is 41.1 Å². The Kier molecular flexibility index (Phi) is 6.03. The molecule has 0 aromatic heterocycles. The highest BCUT2D eigenvalue weighted by atomic mass is 35.5. The molecule has 0 aliphatic carbocycles. The number of hydrogen-bond donors (Lipinski definition) is 0. The molecule has 0 unspecified atom stereocenters. The van der Waals surface area contributed by atoms with E-state index in [2.05, 4.69) is 0 Å². The van der Waals surface area contributed by atoms with Crippen molar-refractivity contribution in [2.45, 2.75) is 23.2 Å². The van der Waals surface area contributed by atoms with Crippen LogP contribution in [-0.2, 0) is 20.6 Å². The first-order valence-electron chi connectivity index (χ1n) is 10.6. The second-order valence-corrected chi connectivity index (χ2v) is 9.44. The first kappa shape index (κ1) is 23.7. The number of imide groups is 1. The monoisotopic (exact) mass is 518 g/mol. The minimum Gasteiger partial charge on any atom is -0.273 e. The normalized spacial score (nSPS) is 22.1. The average Bonchev–Trinajstić information content (AvgIpc) is 3.35. The molecule has 2 heterocycles. The van der Waals surface area contributed by atoms with Crippen LogP contribution in [0.2, 0.25) is 5.02 Å². The molecule has 5 rings (SSSR count). The van der Waals surface area contributed by atoms with Gasteiger partial charge in [0.2, 0.25) is 5.91 Å². The number of fused-ring (bicyclic) bond motifs is 1. The van der Waals surface area contributed by atoms with Crippen molar-refractivity contribution >= 4 is 46.6 Å². The fourth-order valence-electron chi connectivity index (χ4n) is 4.42. The lowest BCUT2D eigenvalue weighted by molar-refractivity contribution is -0.137. The predicted octanol–water partition coefficient (Wildman–Crippen LogP) is 6.13. The van der Waals surface area contributed by atoms with Gasteiger partial charge in [0.05, 0.1) is 23.0 Å². The van der Waals surface area contributed by atoms with Gasteiger partial charge in [-0.15, -0.1) is 11.8 Å². The molecule has 0 spiro atoms. The van der Waals surface area contributed by atoms with Crippen LogP contribution < -0.4 is 9.96 Å². The van der Waals surface area contributed by atoms with Crippen molar-refractivity contribution in [2.24, 2.45) is 5.92 Å². The van der Waals surface area contributed by atoms with Gasteiger partial charge in [0.15, 0.2) is 6.10 Å². The van der Waals surface area contributed by atoms with E-state index in [4.69, 9.17) is 16.4 Å². The molecule has 0 radical (unpaired) electrons. The first-order valence-corrected chi connectivity index (χ1v) is 12.2. The molecule has 2 aliphatic heterocycles. The molecule has 3 aromatic rings. The second-order valence-electron chi connectivity index (χ2n) is 8.13. The maximum absolute atomic E-state index is 13.6. The van der Waals surface area contributed by atoms with Crippen molar-refractivity contribution < 1.29 is 27.6 Å². The molecular weight excluding hydrogens is 501 g/mol. The number of anilines is 2. The van der Waals surface area contributed by atoms with Gasteiger partial charge in [0.25, 0.3) is 5.91 Å². The van der Waals surface area contributed by atoms with Crippen LogP contribution in [-0.4, -0.2) is 24.2 Å². The molecular formula is C25H18ClF3N2O3S. The molecule has 5 nitrogen and oxygen atoms in total. The Morgan fingerprint density at radius 3 is 2.03 bits per heavy atom. The largest absolute Gasteiger partial charge is 0.416 e. The lowest BCUT2D eigenvalue weighted by Crippen LogP contribution is -2.37. The third-order valence-corrected chi connectivity index (χ3v) is 7.10. The van der Waals surface area contributed by atoms with E-state index in [1.165, 1.54) is 0 Å². The summed E-state index contributed by atoms with van der Waals surface area (Å²) in [5.41, 5.74) is 0.586. The lowest BCUT2D eigenvalue weighted by atomic mass is 9.90. The summed E-state index contributed by atoms with van der Waals surface area (Å²) in [5.74, 6) is -2.04. The van der Waals surface area contributed by atoms with E-state index in [0.29, 0.717) is 10.7 Å². The third-order valence-electron chi connectivity index (χ3n) is 6.11. The second kappa shape index (κ2) is 8.89. The minimum atomic E-state index is -4.52. The third kappa shape index (κ3) is 4.17. The molecule has 180 valence electrons. The molecule has 0 N–H and O–H groups in total. The summed E-state index contributed by atoms with van der Waals surface area (Å²) in [7, 11) is 0. The van der Waals surface area contributed by atoms with Gasteiger partial charge in [0, 0.05) is 9.92 Å². The molecule has 35 heavy (non-hydrogen) atoms. The highest BCUT2D eigenvalue weighted by molar-refractivity contribution is 7.98. The van der Waals surface area contributed by atoms with Gasteiger partial charge in [-0.2, -0.15) is 13.2 Å². The van der Waals surface area contributed by atoms with Crippen LogP contribution in [0.5, 0.6) is 0 Å². The molecule has 2 saturated heterocycles. The number of rotatable bonds is 4. The van der Waals surface area contributed by atoms with Crippen molar-refractivity contribution in [1.29, 1.82) is 0 Å². The highest BCUT2D eigenvalue weighted by Crippen LogP contribution is 2.48. The van der Waals surface area contributed by atoms with E-state index in [9.17, 15) is 22.8 Å². The van der Waals surface area contributed by atoms with Crippen molar-refractivity contribution in [1.82, 2.24) is 0 Å².